The lowest BCUT2D eigenvalue weighted by atomic mass is 9.91. The van der Waals surface area contributed by atoms with Crippen molar-refractivity contribution >= 4 is 5.91 Å². The number of carbonyl (C=O) groups excluding carboxylic acids is 1. The van der Waals surface area contributed by atoms with Crippen LogP contribution in [-0.4, -0.2) is 33.7 Å². The molecule has 1 fully saturated rings. The Morgan fingerprint density at radius 3 is 2.81 bits per heavy atom. The van der Waals surface area contributed by atoms with Gasteiger partial charge in [0.25, 0.3) is 0 Å². The number of hydrogen-bond donors (Lipinski definition) is 0. The molecule has 1 atom stereocenters. The van der Waals surface area contributed by atoms with E-state index in [1.165, 1.54) is 12.1 Å². The summed E-state index contributed by atoms with van der Waals surface area (Å²) < 4.78 is 28.1. The van der Waals surface area contributed by atoms with E-state index in [1.807, 2.05) is 18.1 Å². The maximum atomic E-state index is 13.3. The highest BCUT2D eigenvalue weighted by atomic mass is 19.2. The molecule has 3 rings (SSSR count). The lowest BCUT2D eigenvalue weighted by Gasteiger charge is -2.33. The molecule has 0 unspecified atom stereocenters. The summed E-state index contributed by atoms with van der Waals surface area (Å²) in [6, 6.07) is 4.09. The zero-order valence-corrected chi connectivity index (χ0v) is 15.1. The number of benzene rings is 1. The third kappa shape index (κ3) is 4.90. The number of nitrogens with zero attached hydrogens (tertiary/aromatic N) is 3. The zero-order chi connectivity index (χ0) is 18.5. The molecule has 1 aromatic carbocycles. The normalized spacial score (nSPS) is 17.5. The summed E-state index contributed by atoms with van der Waals surface area (Å²) in [5.74, 6) is -0.999. The molecule has 0 radical (unpaired) electrons. The highest BCUT2D eigenvalue weighted by Gasteiger charge is 2.23. The monoisotopic (exact) mass is 361 g/mol. The zero-order valence-electron chi connectivity index (χ0n) is 15.1. The molecule has 26 heavy (non-hydrogen) atoms. The van der Waals surface area contributed by atoms with E-state index in [9.17, 15) is 13.6 Å². The molecule has 1 aromatic heterocycles. The summed E-state index contributed by atoms with van der Waals surface area (Å²) in [6.45, 7) is 1.57. The second-order valence-electron chi connectivity index (χ2n) is 7.16. The fourth-order valence-electron chi connectivity index (χ4n) is 3.60. The van der Waals surface area contributed by atoms with Gasteiger partial charge in [-0.2, -0.15) is 5.10 Å². The van der Waals surface area contributed by atoms with Crippen molar-refractivity contribution in [1.29, 1.82) is 0 Å². The number of likely N-dealkylation sites (tertiary alicyclic amines) is 1. The number of halogens is 2. The quantitative estimate of drug-likeness (QED) is 0.790. The second-order valence-corrected chi connectivity index (χ2v) is 7.16. The molecule has 0 N–H and O–H groups in total. The smallest absolute Gasteiger partial charge is 0.222 e. The predicted octanol–water partition coefficient (Wildman–Crippen LogP) is 3.50. The van der Waals surface area contributed by atoms with Gasteiger partial charge in [-0.05, 0) is 61.3 Å². The Hall–Kier alpha value is -2.24. The van der Waals surface area contributed by atoms with Crippen molar-refractivity contribution in [2.45, 2.75) is 38.5 Å². The van der Waals surface area contributed by atoms with Crippen LogP contribution in [0.3, 0.4) is 0 Å². The van der Waals surface area contributed by atoms with E-state index in [0.717, 1.165) is 43.5 Å². The Morgan fingerprint density at radius 1 is 1.23 bits per heavy atom. The molecule has 1 aliphatic heterocycles. The first kappa shape index (κ1) is 18.5. The van der Waals surface area contributed by atoms with E-state index < -0.39 is 11.6 Å². The van der Waals surface area contributed by atoms with Crippen molar-refractivity contribution in [2.75, 3.05) is 13.1 Å². The Labute approximate surface area is 152 Å². The van der Waals surface area contributed by atoms with Crippen LogP contribution in [0.2, 0.25) is 0 Å². The second kappa shape index (κ2) is 8.43. The standard InChI is InChI=1S/C20H25F2N3O/c1-24-13-17(12-23-24)7-9-20(26)25-10-2-3-16(14-25)5-4-15-6-8-18(21)19(22)11-15/h6,8,11-13,16H,2-5,7,9-10,14H2,1H3/t16-/m0/s1. The van der Waals surface area contributed by atoms with E-state index in [-0.39, 0.29) is 5.91 Å². The Morgan fingerprint density at radius 2 is 2.08 bits per heavy atom. The maximum Gasteiger partial charge on any atom is 0.222 e. The van der Waals surface area contributed by atoms with Crippen molar-refractivity contribution < 1.29 is 13.6 Å². The molecule has 1 amide bonds. The third-order valence-electron chi connectivity index (χ3n) is 5.08. The van der Waals surface area contributed by atoms with Crippen LogP contribution in [0.4, 0.5) is 8.78 Å². The summed E-state index contributed by atoms with van der Waals surface area (Å²) in [6.07, 6.45) is 8.63. The molecule has 0 spiro atoms. The van der Waals surface area contributed by atoms with Crippen molar-refractivity contribution in [3.63, 3.8) is 0 Å². The van der Waals surface area contributed by atoms with Crippen LogP contribution in [0, 0.1) is 17.6 Å². The maximum absolute atomic E-state index is 13.3. The number of rotatable bonds is 6. The molecular formula is C20H25F2N3O. The number of aromatic nitrogens is 2. The minimum Gasteiger partial charge on any atom is -0.342 e. The van der Waals surface area contributed by atoms with E-state index in [0.29, 0.717) is 25.2 Å². The minimum atomic E-state index is -0.809. The SMILES string of the molecule is Cn1cc(CCC(=O)N2CCC[C@@H](CCc3ccc(F)c(F)c3)C2)cn1. The van der Waals surface area contributed by atoms with E-state index in [4.69, 9.17) is 0 Å². The topological polar surface area (TPSA) is 38.1 Å². The number of piperidine rings is 1. The van der Waals surface area contributed by atoms with Crippen LogP contribution in [-0.2, 0) is 24.7 Å². The summed E-state index contributed by atoms with van der Waals surface area (Å²) in [4.78, 5) is 14.4. The van der Waals surface area contributed by atoms with Crippen molar-refractivity contribution in [3.8, 4) is 0 Å². The molecule has 1 aliphatic rings. The van der Waals surface area contributed by atoms with Gasteiger partial charge in [0, 0.05) is 32.8 Å². The van der Waals surface area contributed by atoms with Gasteiger partial charge in [-0.25, -0.2) is 8.78 Å². The van der Waals surface area contributed by atoms with Crippen molar-refractivity contribution in [2.24, 2.45) is 13.0 Å². The molecule has 6 heteroatoms. The molecule has 0 saturated carbocycles. The molecule has 4 nitrogen and oxygen atoms in total. The molecule has 2 aromatic rings. The molecule has 140 valence electrons. The van der Waals surface area contributed by atoms with Crippen LogP contribution < -0.4 is 0 Å². The molecule has 1 saturated heterocycles. The first-order valence-corrected chi connectivity index (χ1v) is 9.20. The van der Waals surface area contributed by atoms with E-state index in [1.54, 1.807) is 16.9 Å². The van der Waals surface area contributed by atoms with E-state index >= 15 is 0 Å². The van der Waals surface area contributed by atoms with Crippen molar-refractivity contribution in [3.05, 3.63) is 53.4 Å². The minimum absolute atomic E-state index is 0.186. The number of amides is 1. The molecule has 0 aliphatic carbocycles. The highest BCUT2D eigenvalue weighted by Crippen LogP contribution is 2.23. The fourth-order valence-corrected chi connectivity index (χ4v) is 3.60. The van der Waals surface area contributed by atoms with Gasteiger partial charge in [0.05, 0.1) is 6.20 Å². The van der Waals surface area contributed by atoms with Crippen LogP contribution in [0.15, 0.2) is 30.6 Å². The van der Waals surface area contributed by atoms with Gasteiger partial charge < -0.3 is 4.90 Å². The lowest BCUT2D eigenvalue weighted by molar-refractivity contribution is -0.133. The summed E-state index contributed by atoms with van der Waals surface area (Å²) in [5.41, 5.74) is 1.89. The number of aryl methyl sites for hydroxylation is 3. The largest absolute Gasteiger partial charge is 0.342 e. The first-order valence-electron chi connectivity index (χ1n) is 9.20. The molecule has 2 heterocycles. The van der Waals surface area contributed by atoms with Gasteiger partial charge in [0.1, 0.15) is 0 Å². The van der Waals surface area contributed by atoms with Crippen LogP contribution in [0.5, 0.6) is 0 Å². The number of carbonyl (C=O) groups is 1. The van der Waals surface area contributed by atoms with Gasteiger partial charge in [-0.3, -0.25) is 9.48 Å². The van der Waals surface area contributed by atoms with Gasteiger partial charge in [-0.1, -0.05) is 6.07 Å². The van der Waals surface area contributed by atoms with Crippen molar-refractivity contribution in [1.82, 2.24) is 14.7 Å². The number of hydrogen-bond acceptors (Lipinski definition) is 2. The van der Waals surface area contributed by atoms with Gasteiger partial charge in [0.15, 0.2) is 11.6 Å². The van der Waals surface area contributed by atoms with Crippen LogP contribution >= 0.6 is 0 Å². The van der Waals surface area contributed by atoms with Crippen LogP contribution in [0.25, 0.3) is 0 Å². The first-order chi connectivity index (χ1) is 12.5. The molecular weight excluding hydrogens is 336 g/mol. The average molecular weight is 361 g/mol. The Kier molecular flexibility index (Phi) is 6.01. The van der Waals surface area contributed by atoms with Gasteiger partial charge in [-0.15, -0.1) is 0 Å². The summed E-state index contributed by atoms with van der Waals surface area (Å²) in [7, 11) is 1.87. The third-order valence-corrected chi connectivity index (χ3v) is 5.08. The van der Waals surface area contributed by atoms with Gasteiger partial charge in [0.2, 0.25) is 5.91 Å². The highest BCUT2D eigenvalue weighted by molar-refractivity contribution is 5.76. The van der Waals surface area contributed by atoms with Crippen LogP contribution in [0.1, 0.15) is 36.8 Å². The summed E-state index contributed by atoms with van der Waals surface area (Å²) >= 11 is 0. The van der Waals surface area contributed by atoms with Gasteiger partial charge >= 0.3 is 0 Å². The fraction of sp³-hybridized carbons (Fsp3) is 0.500. The lowest BCUT2D eigenvalue weighted by Crippen LogP contribution is -2.40. The Balaban J connectivity index is 1.47. The van der Waals surface area contributed by atoms with E-state index in [2.05, 4.69) is 5.10 Å². The average Bonchev–Trinajstić information content (AvgIpc) is 3.06. The predicted molar refractivity (Wildman–Crippen MR) is 95.5 cm³/mol. The Bertz CT molecular complexity index is 759. The summed E-state index contributed by atoms with van der Waals surface area (Å²) in [5, 5.41) is 4.13. The molecule has 0 bridgehead atoms.